The van der Waals surface area contributed by atoms with Crippen LogP contribution in [0.5, 0.6) is 0 Å². The molecule has 4 heterocycles. The summed E-state index contributed by atoms with van der Waals surface area (Å²) in [6.45, 7) is 1.84. The Bertz CT molecular complexity index is 988. The number of amides is 1. The Balaban J connectivity index is 1.49. The molecule has 0 aromatic carbocycles. The molecule has 1 aliphatic carbocycles. The zero-order chi connectivity index (χ0) is 17.8. The molecule has 1 saturated heterocycles. The Morgan fingerprint density at radius 3 is 2.77 bits per heavy atom. The molecule has 0 radical (unpaired) electrons. The van der Waals surface area contributed by atoms with Crippen molar-refractivity contribution in [1.29, 1.82) is 0 Å². The van der Waals surface area contributed by atoms with E-state index in [0.717, 1.165) is 18.5 Å². The quantitative estimate of drug-likeness (QED) is 0.755. The highest BCUT2D eigenvalue weighted by Gasteiger charge is 2.48. The van der Waals surface area contributed by atoms with Gasteiger partial charge in [0.15, 0.2) is 5.65 Å². The van der Waals surface area contributed by atoms with E-state index in [1.807, 2.05) is 41.8 Å². The van der Waals surface area contributed by atoms with Crippen LogP contribution in [0.15, 0.2) is 24.4 Å². The van der Waals surface area contributed by atoms with Gasteiger partial charge >= 0.3 is 0 Å². The highest BCUT2D eigenvalue weighted by Crippen LogP contribution is 2.42. The van der Waals surface area contributed by atoms with Gasteiger partial charge in [0.05, 0.1) is 17.8 Å². The average Bonchev–Trinajstić information content (AvgIpc) is 3.11. The van der Waals surface area contributed by atoms with Crippen LogP contribution in [0.25, 0.3) is 5.65 Å². The number of nitrogens with one attached hydrogen (secondary N) is 1. The fourth-order valence-electron chi connectivity index (χ4n) is 3.84. The number of aryl methyl sites for hydroxylation is 2. The molecule has 9 heteroatoms. The van der Waals surface area contributed by atoms with E-state index in [1.165, 1.54) is 4.63 Å². The summed E-state index contributed by atoms with van der Waals surface area (Å²) in [5, 5.41) is 16.5. The van der Waals surface area contributed by atoms with Gasteiger partial charge in [-0.25, -0.2) is 4.98 Å². The lowest BCUT2D eigenvalue weighted by molar-refractivity contribution is -0.129. The molecule has 9 nitrogen and oxygen atoms in total. The number of fused-ring (bicyclic) bond motifs is 1. The number of anilines is 1. The maximum Gasteiger partial charge on any atom is 0.225 e. The fraction of sp³-hybridized carbons (Fsp3) is 0.471. The van der Waals surface area contributed by atoms with Gasteiger partial charge in [0.25, 0.3) is 0 Å². The summed E-state index contributed by atoms with van der Waals surface area (Å²) in [5.41, 5.74) is 1.75. The molecule has 2 aliphatic rings. The molecule has 0 bridgehead atoms. The number of carbonyl (C=O) groups excluding carboxylic acids is 1. The summed E-state index contributed by atoms with van der Waals surface area (Å²) < 4.78 is 3.37. The normalized spacial score (nSPS) is 23.2. The van der Waals surface area contributed by atoms with E-state index in [2.05, 4.69) is 25.6 Å². The van der Waals surface area contributed by atoms with Crippen LogP contribution in [0.2, 0.25) is 0 Å². The van der Waals surface area contributed by atoms with E-state index < -0.39 is 0 Å². The van der Waals surface area contributed by atoms with Crippen LogP contribution >= 0.6 is 0 Å². The minimum atomic E-state index is -0.0620. The van der Waals surface area contributed by atoms with E-state index in [0.29, 0.717) is 29.8 Å². The van der Waals surface area contributed by atoms with Crippen molar-refractivity contribution in [2.24, 2.45) is 7.05 Å². The summed E-state index contributed by atoms with van der Waals surface area (Å²) in [5.74, 6) is 1.55. The lowest BCUT2D eigenvalue weighted by Crippen LogP contribution is -2.35. The number of hydrogen-bond acceptors (Lipinski definition) is 6. The summed E-state index contributed by atoms with van der Waals surface area (Å²) in [6, 6.07) is 6.00. The molecular weight excluding hydrogens is 332 g/mol. The van der Waals surface area contributed by atoms with Crippen LogP contribution in [-0.2, 0) is 11.8 Å². The van der Waals surface area contributed by atoms with E-state index in [9.17, 15) is 4.79 Å². The third-order valence-corrected chi connectivity index (χ3v) is 5.11. The topological polar surface area (TPSA) is 93.2 Å². The molecule has 0 unspecified atom stereocenters. The van der Waals surface area contributed by atoms with Crippen molar-refractivity contribution in [1.82, 2.24) is 34.5 Å². The van der Waals surface area contributed by atoms with E-state index in [1.54, 1.807) is 6.20 Å². The van der Waals surface area contributed by atoms with Crippen molar-refractivity contribution in [3.63, 3.8) is 0 Å². The van der Waals surface area contributed by atoms with Gasteiger partial charge in [0, 0.05) is 25.7 Å². The lowest BCUT2D eigenvalue weighted by atomic mass is 10.1. The van der Waals surface area contributed by atoms with Gasteiger partial charge < -0.3 is 10.2 Å². The van der Waals surface area contributed by atoms with Gasteiger partial charge in [0.1, 0.15) is 11.6 Å². The van der Waals surface area contributed by atoms with Crippen molar-refractivity contribution < 1.29 is 4.79 Å². The van der Waals surface area contributed by atoms with Crippen LogP contribution in [0.4, 0.5) is 5.82 Å². The summed E-state index contributed by atoms with van der Waals surface area (Å²) in [4.78, 5) is 19.0. The summed E-state index contributed by atoms with van der Waals surface area (Å²) in [7, 11) is 1.92. The van der Waals surface area contributed by atoms with Gasteiger partial charge in [-0.1, -0.05) is 0 Å². The van der Waals surface area contributed by atoms with Crippen LogP contribution < -0.4 is 5.32 Å². The third-order valence-electron chi connectivity index (χ3n) is 5.11. The first-order chi connectivity index (χ1) is 12.6. The largest absolute Gasteiger partial charge is 0.363 e. The summed E-state index contributed by atoms with van der Waals surface area (Å²) >= 11 is 0. The smallest absolute Gasteiger partial charge is 0.225 e. The highest BCUT2D eigenvalue weighted by molar-refractivity contribution is 5.81. The van der Waals surface area contributed by atoms with E-state index in [-0.39, 0.29) is 18.0 Å². The van der Waals surface area contributed by atoms with E-state index in [4.69, 9.17) is 0 Å². The van der Waals surface area contributed by atoms with E-state index >= 15 is 0 Å². The SMILES string of the molecule is Cc1nc2ccc(N[C@@H]3CC(=O)N(C4CC4)[C@H]3c3ccnn3C)nn2n1. The average molecular weight is 352 g/mol. The number of carbonyl (C=O) groups is 1. The van der Waals surface area contributed by atoms with Gasteiger partial charge in [-0.05, 0) is 38.0 Å². The first-order valence-electron chi connectivity index (χ1n) is 8.86. The second kappa shape index (κ2) is 5.52. The Morgan fingerprint density at radius 1 is 1.19 bits per heavy atom. The van der Waals surface area contributed by atoms with Crippen molar-refractivity contribution in [2.75, 3.05) is 5.32 Å². The monoisotopic (exact) mass is 352 g/mol. The molecule has 1 amide bonds. The zero-order valence-corrected chi connectivity index (χ0v) is 14.7. The molecule has 1 aliphatic heterocycles. The molecule has 0 spiro atoms. The van der Waals surface area contributed by atoms with Crippen molar-refractivity contribution in [3.05, 3.63) is 35.9 Å². The third kappa shape index (κ3) is 2.42. The van der Waals surface area contributed by atoms with Crippen LogP contribution in [0, 0.1) is 6.92 Å². The van der Waals surface area contributed by atoms with Crippen molar-refractivity contribution in [3.8, 4) is 0 Å². The molecule has 2 atom stereocenters. The molecule has 3 aromatic heterocycles. The van der Waals surface area contributed by atoms with Crippen molar-refractivity contribution >= 4 is 17.4 Å². The van der Waals surface area contributed by atoms with Gasteiger partial charge in [-0.3, -0.25) is 9.48 Å². The van der Waals surface area contributed by atoms with Crippen molar-refractivity contribution in [2.45, 2.75) is 44.3 Å². The number of aromatic nitrogens is 6. The minimum absolute atomic E-state index is 0.0440. The van der Waals surface area contributed by atoms with Crippen LogP contribution in [0.3, 0.4) is 0 Å². The first-order valence-corrected chi connectivity index (χ1v) is 8.86. The fourth-order valence-corrected chi connectivity index (χ4v) is 3.84. The maximum absolute atomic E-state index is 12.7. The predicted molar refractivity (Wildman–Crippen MR) is 93.4 cm³/mol. The maximum atomic E-state index is 12.7. The van der Waals surface area contributed by atoms with Gasteiger partial charge in [0.2, 0.25) is 5.91 Å². The van der Waals surface area contributed by atoms with Crippen LogP contribution in [-0.4, -0.2) is 52.5 Å². The highest BCUT2D eigenvalue weighted by atomic mass is 16.2. The molecule has 1 saturated carbocycles. The standard InChI is InChI=1S/C17H20N8O/c1-10-19-15-6-5-14(22-25(15)21-10)20-12-9-16(26)24(11-3-4-11)17(12)13-7-8-18-23(13)2/h5-8,11-12,17H,3-4,9H2,1-2H3,(H,20,22)/t12-,17-/m1/s1. The molecule has 3 aromatic rings. The lowest BCUT2D eigenvalue weighted by Gasteiger charge is -2.29. The predicted octanol–water partition coefficient (Wildman–Crippen LogP) is 1.08. The number of rotatable bonds is 4. The summed E-state index contributed by atoms with van der Waals surface area (Å²) in [6.07, 6.45) is 4.38. The number of likely N-dealkylation sites (tertiary alicyclic amines) is 1. The molecule has 26 heavy (non-hydrogen) atoms. The molecule has 134 valence electrons. The van der Waals surface area contributed by atoms with Crippen LogP contribution in [0.1, 0.15) is 36.8 Å². The van der Waals surface area contributed by atoms with Gasteiger partial charge in [-0.2, -0.15) is 5.10 Å². The van der Waals surface area contributed by atoms with Gasteiger partial charge in [-0.15, -0.1) is 14.8 Å². The first kappa shape index (κ1) is 15.3. The molecule has 2 fully saturated rings. The molecular formula is C17H20N8O. The Hall–Kier alpha value is -2.97. The number of nitrogens with zero attached hydrogens (tertiary/aromatic N) is 7. The molecule has 5 rings (SSSR count). The molecule has 1 N–H and O–H groups in total. The number of hydrogen-bond donors (Lipinski definition) is 1. The second-order valence-electron chi connectivity index (χ2n) is 7.04. The second-order valence-corrected chi connectivity index (χ2v) is 7.04. The zero-order valence-electron chi connectivity index (χ0n) is 14.7. The minimum Gasteiger partial charge on any atom is -0.363 e. The Morgan fingerprint density at radius 2 is 2.04 bits per heavy atom. The Kier molecular flexibility index (Phi) is 3.25. The Labute approximate surface area is 150 Å².